The van der Waals surface area contributed by atoms with Crippen LogP contribution in [0.25, 0.3) is 22.0 Å². The fourth-order valence-corrected chi connectivity index (χ4v) is 3.99. The van der Waals surface area contributed by atoms with Crippen molar-refractivity contribution in [3.63, 3.8) is 0 Å². The maximum Gasteiger partial charge on any atom is 0.416 e. The van der Waals surface area contributed by atoms with Gasteiger partial charge in [0.05, 0.1) is 11.2 Å². The Morgan fingerprint density at radius 1 is 1.17 bits per heavy atom. The predicted molar refractivity (Wildman–Crippen MR) is 106 cm³/mol. The third-order valence-electron chi connectivity index (χ3n) is 5.46. The molecule has 6 nitrogen and oxygen atoms in total. The van der Waals surface area contributed by atoms with E-state index in [2.05, 4.69) is 20.5 Å². The van der Waals surface area contributed by atoms with Gasteiger partial charge in [-0.15, -0.1) is 10.2 Å². The topological polar surface area (TPSA) is 91.2 Å². The van der Waals surface area contributed by atoms with Crippen molar-refractivity contribution in [1.82, 2.24) is 15.2 Å². The summed E-state index contributed by atoms with van der Waals surface area (Å²) in [7, 11) is 0. The van der Waals surface area contributed by atoms with Crippen LogP contribution in [0.4, 0.5) is 19.0 Å². The SMILES string of the molecule is CC1(O)CCCC(Nc2nnc(-c3ccc(C(F)(F)F)cc3O)c3ccncc23)C1. The van der Waals surface area contributed by atoms with Crippen LogP contribution < -0.4 is 5.32 Å². The average Bonchev–Trinajstić information content (AvgIpc) is 2.67. The second kappa shape index (κ2) is 7.39. The van der Waals surface area contributed by atoms with Gasteiger partial charge >= 0.3 is 6.18 Å². The number of fused-ring (bicyclic) bond motifs is 1. The molecule has 4 rings (SSSR count). The van der Waals surface area contributed by atoms with E-state index in [1.54, 1.807) is 18.5 Å². The Labute approximate surface area is 170 Å². The minimum Gasteiger partial charge on any atom is -0.507 e. The van der Waals surface area contributed by atoms with Crippen molar-refractivity contribution >= 4 is 16.6 Å². The van der Waals surface area contributed by atoms with Gasteiger partial charge in [-0.25, -0.2) is 0 Å². The highest BCUT2D eigenvalue weighted by Crippen LogP contribution is 2.39. The number of alkyl halides is 3. The van der Waals surface area contributed by atoms with E-state index in [9.17, 15) is 23.4 Å². The van der Waals surface area contributed by atoms with Crippen LogP contribution in [0.3, 0.4) is 0 Å². The van der Waals surface area contributed by atoms with E-state index in [0.29, 0.717) is 29.1 Å². The first-order valence-electron chi connectivity index (χ1n) is 9.64. The minimum absolute atomic E-state index is 0.0109. The van der Waals surface area contributed by atoms with Crippen molar-refractivity contribution in [3.8, 4) is 17.0 Å². The number of hydrogen-bond donors (Lipinski definition) is 3. The Bertz CT molecular complexity index is 1090. The molecule has 2 aromatic heterocycles. The van der Waals surface area contributed by atoms with Crippen molar-refractivity contribution in [2.24, 2.45) is 0 Å². The zero-order chi connectivity index (χ0) is 21.5. The van der Waals surface area contributed by atoms with Gasteiger partial charge in [0.2, 0.25) is 0 Å². The van der Waals surface area contributed by atoms with Gasteiger partial charge in [0.15, 0.2) is 5.82 Å². The number of aliphatic hydroxyl groups is 1. The number of aromatic nitrogens is 3. The largest absolute Gasteiger partial charge is 0.507 e. The lowest BCUT2D eigenvalue weighted by molar-refractivity contribution is -0.137. The number of anilines is 1. The summed E-state index contributed by atoms with van der Waals surface area (Å²) in [5, 5.41) is 33.5. The monoisotopic (exact) mass is 418 g/mol. The molecule has 1 saturated carbocycles. The molecule has 1 aliphatic carbocycles. The van der Waals surface area contributed by atoms with E-state index in [1.165, 1.54) is 6.07 Å². The van der Waals surface area contributed by atoms with Gasteiger partial charge in [-0.3, -0.25) is 4.98 Å². The number of nitrogens with zero attached hydrogens (tertiary/aromatic N) is 3. The first-order valence-corrected chi connectivity index (χ1v) is 9.64. The molecule has 0 amide bonds. The van der Waals surface area contributed by atoms with Crippen LogP contribution in [0, 0.1) is 0 Å². The number of hydrogen-bond acceptors (Lipinski definition) is 6. The Kier molecular flexibility index (Phi) is 5.01. The minimum atomic E-state index is -4.55. The van der Waals surface area contributed by atoms with Gasteiger partial charge < -0.3 is 15.5 Å². The molecule has 2 atom stereocenters. The van der Waals surface area contributed by atoms with E-state index in [1.807, 2.05) is 6.92 Å². The second-order valence-corrected chi connectivity index (χ2v) is 7.98. The Hall–Kier alpha value is -2.94. The van der Waals surface area contributed by atoms with E-state index in [-0.39, 0.29) is 17.3 Å². The molecule has 1 fully saturated rings. The number of pyridine rings is 1. The summed E-state index contributed by atoms with van der Waals surface area (Å²) >= 11 is 0. The molecule has 158 valence electrons. The van der Waals surface area contributed by atoms with Crippen molar-refractivity contribution in [2.45, 2.75) is 50.4 Å². The standard InChI is InChI=1S/C21H21F3N4O2/c1-20(30)7-2-3-13(10-20)26-19-16-11-25-8-6-14(16)18(27-28-19)15-5-4-12(9-17(15)29)21(22,23)24/h4-6,8-9,11,13,29-30H,2-3,7,10H2,1H3,(H,26,28). The maximum atomic E-state index is 12.9. The molecule has 0 bridgehead atoms. The van der Waals surface area contributed by atoms with Crippen LogP contribution in [0.1, 0.15) is 38.2 Å². The summed E-state index contributed by atoms with van der Waals surface area (Å²) < 4.78 is 38.7. The van der Waals surface area contributed by atoms with Gasteiger partial charge in [0.1, 0.15) is 11.4 Å². The highest BCUT2D eigenvalue weighted by atomic mass is 19.4. The van der Waals surface area contributed by atoms with E-state index in [0.717, 1.165) is 25.3 Å². The second-order valence-electron chi connectivity index (χ2n) is 7.98. The van der Waals surface area contributed by atoms with Gasteiger partial charge in [-0.1, -0.05) is 0 Å². The van der Waals surface area contributed by atoms with Crippen LogP contribution in [0.2, 0.25) is 0 Å². The van der Waals surface area contributed by atoms with E-state index >= 15 is 0 Å². The van der Waals surface area contributed by atoms with Crippen LogP contribution in [0.15, 0.2) is 36.7 Å². The van der Waals surface area contributed by atoms with Crippen molar-refractivity contribution in [2.75, 3.05) is 5.32 Å². The molecule has 30 heavy (non-hydrogen) atoms. The quantitative estimate of drug-likeness (QED) is 0.579. The first-order chi connectivity index (χ1) is 14.1. The molecule has 2 heterocycles. The number of halogens is 3. The molecule has 2 unspecified atom stereocenters. The summed E-state index contributed by atoms with van der Waals surface area (Å²) in [6, 6.07) is 4.46. The summed E-state index contributed by atoms with van der Waals surface area (Å²) in [5.41, 5.74) is -1.27. The molecule has 0 radical (unpaired) electrons. The lowest BCUT2D eigenvalue weighted by Gasteiger charge is -2.34. The molecule has 1 aliphatic rings. The van der Waals surface area contributed by atoms with Crippen LogP contribution >= 0.6 is 0 Å². The van der Waals surface area contributed by atoms with Crippen LogP contribution in [-0.4, -0.2) is 37.0 Å². The number of phenolic OH excluding ortho intramolecular Hbond substituents is 1. The van der Waals surface area contributed by atoms with Gasteiger partial charge in [-0.05, 0) is 56.9 Å². The predicted octanol–water partition coefficient (Wildman–Crippen LogP) is 4.52. The molecular formula is C21H21F3N4O2. The van der Waals surface area contributed by atoms with Crippen LogP contribution in [-0.2, 0) is 6.18 Å². The first kappa shape index (κ1) is 20.3. The van der Waals surface area contributed by atoms with E-state index in [4.69, 9.17) is 0 Å². The molecule has 0 aliphatic heterocycles. The van der Waals surface area contributed by atoms with Gasteiger partial charge in [0, 0.05) is 34.8 Å². The number of rotatable bonds is 3. The van der Waals surface area contributed by atoms with E-state index < -0.39 is 23.1 Å². The maximum absolute atomic E-state index is 12.9. The smallest absolute Gasteiger partial charge is 0.416 e. The number of benzene rings is 1. The summed E-state index contributed by atoms with van der Waals surface area (Å²) in [5.74, 6) is -0.0442. The van der Waals surface area contributed by atoms with Crippen molar-refractivity contribution in [3.05, 3.63) is 42.2 Å². The highest BCUT2D eigenvalue weighted by molar-refractivity contribution is 6.00. The van der Waals surface area contributed by atoms with Gasteiger partial charge in [-0.2, -0.15) is 13.2 Å². The third kappa shape index (κ3) is 4.02. The Morgan fingerprint density at radius 3 is 2.67 bits per heavy atom. The molecular weight excluding hydrogens is 397 g/mol. The third-order valence-corrected chi connectivity index (χ3v) is 5.46. The van der Waals surface area contributed by atoms with Gasteiger partial charge in [0.25, 0.3) is 0 Å². The lowest BCUT2D eigenvalue weighted by atomic mass is 9.83. The number of nitrogens with one attached hydrogen (secondary N) is 1. The molecule has 1 aromatic carbocycles. The summed E-state index contributed by atoms with van der Waals surface area (Å²) in [6.07, 6.45) is 1.65. The zero-order valence-electron chi connectivity index (χ0n) is 16.2. The Morgan fingerprint density at radius 2 is 1.97 bits per heavy atom. The Balaban J connectivity index is 1.73. The fourth-order valence-electron chi connectivity index (χ4n) is 3.99. The molecule has 0 saturated heterocycles. The highest BCUT2D eigenvalue weighted by Gasteiger charge is 2.32. The summed E-state index contributed by atoms with van der Waals surface area (Å²) in [4.78, 5) is 4.13. The summed E-state index contributed by atoms with van der Waals surface area (Å²) in [6.45, 7) is 1.81. The normalized spacial score (nSPS) is 22.2. The van der Waals surface area contributed by atoms with Crippen LogP contribution in [0.5, 0.6) is 5.75 Å². The molecule has 3 N–H and O–H groups in total. The molecule has 0 spiro atoms. The number of aromatic hydroxyl groups is 1. The van der Waals surface area contributed by atoms with Crippen molar-refractivity contribution < 1.29 is 23.4 Å². The zero-order valence-corrected chi connectivity index (χ0v) is 16.2. The number of phenols is 1. The molecule has 3 aromatic rings. The lowest BCUT2D eigenvalue weighted by Crippen LogP contribution is -2.38. The van der Waals surface area contributed by atoms with Crippen molar-refractivity contribution in [1.29, 1.82) is 0 Å². The average molecular weight is 418 g/mol. The fraction of sp³-hybridized carbons (Fsp3) is 0.381. The molecule has 9 heteroatoms.